The minimum atomic E-state index is 0.415. The van der Waals surface area contributed by atoms with E-state index in [0.29, 0.717) is 27.3 Å². The van der Waals surface area contributed by atoms with E-state index in [9.17, 15) is 0 Å². The van der Waals surface area contributed by atoms with Crippen molar-refractivity contribution in [2.75, 3.05) is 5.73 Å². The Morgan fingerprint density at radius 1 is 1.12 bits per heavy atom. The fourth-order valence-corrected chi connectivity index (χ4v) is 1.76. The van der Waals surface area contributed by atoms with Gasteiger partial charge in [0.05, 0.1) is 5.02 Å². The number of aromatic nitrogens is 2. The highest BCUT2D eigenvalue weighted by molar-refractivity contribution is 6.35. The van der Waals surface area contributed by atoms with E-state index in [0.717, 1.165) is 5.69 Å². The third kappa shape index (κ3) is 2.26. The first-order valence-electron chi connectivity index (χ1n) is 4.63. The van der Waals surface area contributed by atoms with Crippen molar-refractivity contribution in [1.29, 1.82) is 0 Å². The molecule has 0 fully saturated rings. The molecule has 2 aromatic rings. The lowest BCUT2D eigenvalue weighted by Crippen LogP contribution is -1.97. The number of aryl methyl sites for hydroxylation is 1. The molecule has 0 radical (unpaired) electrons. The molecular formula is C11H9Cl2N3. The second-order valence-corrected chi connectivity index (χ2v) is 4.23. The Bertz CT molecular complexity index is 520. The first-order valence-corrected chi connectivity index (χ1v) is 5.38. The molecule has 1 heterocycles. The molecule has 0 atom stereocenters. The van der Waals surface area contributed by atoms with Gasteiger partial charge >= 0.3 is 0 Å². The van der Waals surface area contributed by atoms with Gasteiger partial charge in [-0.25, -0.2) is 9.97 Å². The molecule has 82 valence electrons. The van der Waals surface area contributed by atoms with Gasteiger partial charge in [-0.15, -0.1) is 0 Å². The van der Waals surface area contributed by atoms with Gasteiger partial charge < -0.3 is 5.73 Å². The number of nitrogen functional groups attached to an aromatic ring is 1. The third-order valence-electron chi connectivity index (χ3n) is 2.04. The molecule has 0 aliphatic carbocycles. The summed E-state index contributed by atoms with van der Waals surface area (Å²) in [6, 6.07) is 6.84. The van der Waals surface area contributed by atoms with Crippen LogP contribution in [0.1, 0.15) is 5.69 Å². The zero-order valence-electron chi connectivity index (χ0n) is 8.54. The lowest BCUT2D eigenvalue weighted by atomic mass is 10.2. The number of rotatable bonds is 1. The van der Waals surface area contributed by atoms with Gasteiger partial charge in [-0.3, -0.25) is 0 Å². The highest BCUT2D eigenvalue weighted by Crippen LogP contribution is 2.28. The van der Waals surface area contributed by atoms with Crippen LogP contribution in [-0.2, 0) is 0 Å². The van der Waals surface area contributed by atoms with Gasteiger partial charge in [0.25, 0.3) is 0 Å². The molecule has 0 amide bonds. The predicted molar refractivity (Wildman–Crippen MR) is 66.6 cm³/mol. The quantitative estimate of drug-likeness (QED) is 0.849. The van der Waals surface area contributed by atoms with Crippen molar-refractivity contribution >= 4 is 29.0 Å². The number of nitrogens with two attached hydrogens (primary N) is 1. The van der Waals surface area contributed by atoms with Crippen molar-refractivity contribution in [3.05, 3.63) is 40.0 Å². The summed E-state index contributed by atoms with van der Waals surface area (Å²) in [6.45, 7) is 1.85. The summed E-state index contributed by atoms with van der Waals surface area (Å²) in [5.74, 6) is 0.906. The third-order valence-corrected chi connectivity index (χ3v) is 2.61. The summed E-state index contributed by atoms with van der Waals surface area (Å²) < 4.78 is 0. The zero-order valence-corrected chi connectivity index (χ0v) is 10.0. The predicted octanol–water partition coefficient (Wildman–Crippen LogP) is 3.34. The Morgan fingerprint density at radius 3 is 2.56 bits per heavy atom. The van der Waals surface area contributed by atoms with E-state index >= 15 is 0 Å². The molecule has 0 unspecified atom stereocenters. The Kier molecular flexibility index (Phi) is 2.99. The monoisotopic (exact) mass is 253 g/mol. The van der Waals surface area contributed by atoms with E-state index in [-0.39, 0.29) is 0 Å². The average Bonchev–Trinajstić information content (AvgIpc) is 2.20. The summed E-state index contributed by atoms with van der Waals surface area (Å²) in [7, 11) is 0. The van der Waals surface area contributed by atoms with Gasteiger partial charge in [0.2, 0.25) is 0 Å². The Morgan fingerprint density at radius 2 is 1.88 bits per heavy atom. The molecule has 0 saturated heterocycles. The summed E-state index contributed by atoms with van der Waals surface area (Å²) in [5, 5.41) is 1.14. The topological polar surface area (TPSA) is 51.8 Å². The number of benzene rings is 1. The normalized spacial score (nSPS) is 10.4. The van der Waals surface area contributed by atoms with Gasteiger partial charge in [0.1, 0.15) is 5.82 Å². The van der Waals surface area contributed by atoms with Gasteiger partial charge in [-0.05, 0) is 25.1 Å². The maximum absolute atomic E-state index is 6.06. The minimum Gasteiger partial charge on any atom is -0.384 e. The van der Waals surface area contributed by atoms with Crippen LogP contribution in [0.4, 0.5) is 5.82 Å². The van der Waals surface area contributed by atoms with Crippen LogP contribution in [0.3, 0.4) is 0 Å². The molecule has 2 N–H and O–H groups in total. The fraction of sp³-hybridized carbons (Fsp3) is 0.0909. The highest BCUT2D eigenvalue weighted by atomic mass is 35.5. The van der Waals surface area contributed by atoms with Crippen LogP contribution in [0.2, 0.25) is 10.0 Å². The molecule has 3 nitrogen and oxygen atoms in total. The smallest absolute Gasteiger partial charge is 0.163 e. The maximum atomic E-state index is 6.06. The molecule has 1 aromatic heterocycles. The van der Waals surface area contributed by atoms with Crippen LogP contribution < -0.4 is 5.73 Å². The standard InChI is InChI=1S/C11H9Cl2N3/c1-6-4-10(14)16-11(15-6)8-5-7(12)2-3-9(8)13/h2-5H,1H3,(H2,14,15,16). The Hall–Kier alpha value is -1.32. The van der Waals surface area contributed by atoms with Crippen LogP contribution in [0.5, 0.6) is 0 Å². The lowest BCUT2D eigenvalue weighted by Gasteiger charge is -2.05. The first kappa shape index (κ1) is 11.2. The molecule has 1 aromatic carbocycles. The molecule has 0 saturated carbocycles. The van der Waals surface area contributed by atoms with Crippen LogP contribution in [0, 0.1) is 6.92 Å². The van der Waals surface area contributed by atoms with E-state index in [1.165, 1.54) is 0 Å². The maximum Gasteiger partial charge on any atom is 0.163 e. The Labute approximate surface area is 103 Å². The van der Waals surface area contributed by atoms with Crippen molar-refractivity contribution in [1.82, 2.24) is 9.97 Å². The minimum absolute atomic E-state index is 0.415. The second-order valence-electron chi connectivity index (χ2n) is 3.38. The molecule has 5 heteroatoms. The van der Waals surface area contributed by atoms with Crippen LogP contribution in [-0.4, -0.2) is 9.97 Å². The number of hydrogen-bond donors (Lipinski definition) is 1. The van der Waals surface area contributed by atoms with E-state index in [1.807, 2.05) is 6.92 Å². The van der Waals surface area contributed by atoms with Crippen molar-refractivity contribution in [2.24, 2.45) is 0 Å². The average molecular weight is 254 g/mol. The van der Waals surface area contributed by atoms with Crippen LogP contribution in [0.15, 0.2) is 24.3 Å². The Balaban J connectivity index is 2.62. The fourth-order valence-electron chi connectivity index (χ4n) is 1.38. The summed E-state index contributed by atoms with van der Waals surface area (Å²) >= 11 is 12.0. The lowest BCUT2D eigenvalue weighted by molar-refractivity contribution is 1.12. The van der Waals surface area contributed by atoms with E-state index < -0.39 is 0 Å². The highest BCUT2D eigenvalue weighted by Gasteiger charge is 2.08. The summed E-state index contributed by atoms with van der Waals surface area (Å²) in [4.78, 5) is 8.40. The summed E-state index contributed by atoms with van der Waals surface area (Å²) in [5.41, 5.74) is 7.13. The molecule has 0 aliphatic heterocycles. The van der Waals surface area contributed by atoms with E-state index in [4.69, 9.17) is 28.9 Å². The number of hydrogen-bond acceptors (Lipinski definition) is 3. The van der Waals surface area contributed by atoms with Crippen LogP contribution in [0.25, 0.3) is 11.4 Å². The molecule has 2 rings (SSSR count). The zero-order chi connectivity index (χ0) is 11.7. The van der Waals surface area contributed by atoms with Crippen molar-refractivity contribution in [3.63, 3.8) is 0 Å². The number of nitrogens with zero attached hydrogens (tertiary/aromatic N) is 2. The van der Waals surface area contributed by atoms with Crippen LogP contribution >= 0.6 is 23.2 Å². The van der Waals surface area contributed by atoms with Gasteiger partial charge in [0.15, 0.2) is 5.82 Å². The first-order chi connectivity index (χ1) is 7.56. The number of halogens is 2. The van der Waals surface area contributed by atoms with Crippen molar-refractivity contribution in [2.45, 2.75) is 6.92 Å². The molecule has 16 heavy (non-hydrogen) atoms. The molecule has 0 bridgehead atoms. The van der Waals surface area contributed by atoms with Gasteiger partial charge in [0, 0.05) is 22.3 Å². The second kappa shape index (κ2) is 4.28. The van der Waals surface area contributed by atoms with Gasteiger partial charge in [-0.1, -0.05) is 23.2 Å². The van der Waals surface area contributed by atoms with Crippen molar-refractivity contribution < 1.29 is 0 Å². The molecule has 0 aliphatic rings. The van der Waals surface area contributed by atoms with Crippen molar-refractivity contribution in [3.8, 4) is 11.4 Å². The number of anilines is 1. The molecule has 0 spiro atoms. The molecular weight excluding hydrogens is 245 g/mol. The van der Waals surface area contributed by atoms with E-state index in [1.54, 1.807) is 24.3 Å². The van der Waals surface area contributed by atoms with Gasteiger partial charge in [-0.2, -0.15) is 0 Å². The summed E-state index contributed by atoms with van der Waals surface area (Å²) in [6.07, 6.45) is 0. The largest absolute Gasteiger partial charge is 0.384 e. The SMILES string of the molecule is Cc1cc(N)nc(-c2cc(Cl)ccc2Cl)n1. The van der Waals surface area contributed by atoms with E-state index in [2.05, 4.69) is 9.97 Å².